The van der Waals surface area contributed by atoms with Gasteiger partial charge < -0.3 is 15.8 Å². The SMILES string of the molecule is CCCOc1cccnc1NCC1CCCCC1CN. The van der Waals surface area contributed by atoms with Gasteiger partial charge >= 0.3 is 0 Å². The van der Waals surface area contributed by atoms with Crippen molar-refractivity contribution < 1.29 is 4.74 Å². The molecule has 2 atom stereocenters. The minimum Gasteiger partial charge on any atom is -0.490 e. The number of pyridine rings is 1. The number of hydrogen-bond acceptors (Lipinski definition) is 4. The van der Waals surface area contributed by atoms with Crippen LogP contribution in [-0.2, 0) is 0 Å². The zero-order valence-electron chi connectivity index (χ0n) is 12.5. The average Bonchev–Trinajstić information content (AvgIpc) is 2.52. The van der Waals surface area contributed by atoms with Crippen molar-refractivity contribution in [2.45, 2.75) is 39.0 Å². The molecule has 2 unspecified atom stereocenters. The third-order valence-corrected chi connectivity index (χ3v) is 4.13. The van der Waals surface area contributed by atoms with Crippen molar-refractivity contribution in [3.8, 4) is 5.75 Å². The van der Waals surface area contributed by atoms with Gasteiger partial charge in [-0.1, -0.05) is 19.8 Å². The van der Waals surface area contributed by atoms with Gasteiger partial charge in [-0.15, -0.1) is 0 Å². The highest BCUT2D eigenvalue weighted by molar-refractivity contribution is 5.49. The van der Waals surface area contributed by atoms with Crippen LogP contribution in [0.3, 0.4) is 0 Å². The highest BCUT2D eigenvalue weighted by Crippen LogP contribution is 2.30. The van der Waals surface area contributed by atoms with Gasteiger partial charge in [-0.25, -0.2) is 4.98 Å². The largest absolute Gasteiger partial charge is 0.490 e. The molecule has 1 fully saturated rings. The van der Waals surface area contributed by atoms with Gasteiger partial charge in [0.2, 0.25) is 0 Å². The summed E-state index contributed by atoms with van der Waals surface area (Å²) in [5, 5.41) is 3.46. The van der Waals surface area contributed by atoms with E-state index < -0.39 is 0 Å². The summed E-state index contributed by atoms with van der Waals surface area (Å²) in [6.45, 7) is 4.59. The van der Waals surface area contributed by atoms with Crippen molar-refractivity contribution in [2.75, 3.05) is 25.0 Å². The van der Waals surface area contributed by atoms with Gasteiger partial charge in [0.25, 0.3) is 0 Å². The lowest BCUT2D eigenvalue weighted by atomic mass is 9.79. The first-order chi connectivity index (χ1) is 9.85. The van der Waals surface area contributed by atoms with Crippen LogP contribution >= 0.6 is 0 Å². The van der Waals surface area contributed by atoms with E-state index in [1.165, 1.54) is 25.7 Å². The van der Waals surface area contributed by atoms with Crippen molar-refractivity contribution in [1.29, 1.82) is 0 Å². The summed E-state index contributed by atoms with van der Waals surface area (Å²) >= 11 is 0. The molecule has 112 valence electrons. The maximum absolute atomic E-state index is 5.89. The van der Waals surface area contributed by atoms with E-state index in [0.717, 1.165) is 37.7 Å². The maximum atomic E-state index is 5.89. The monoisotopic (exact) mass is 277 g/mol. The van der Waals surface area contributed by atoms with Crippen LogP contribution in [0.4, 0.5) is 5.82 Å². The van der Waals surface area contributed by atoms with E-state index in [1.54, 1.807) is 0 Å². The molecule has 0 radical (unpaired) electrons. The minimum atomic E-state index is 0.653. The average molecular weight is 277 g/mol. The van der Waals surface area contributed by atoms with E-state index in [-0.39, 0.29) is 0 Å². The summed E-state index contributed by atoms with van der Waals surface area (Å²) in [6, 6.07) is 3.89. The molecule has 0 saturated heterocycles. The molecule has 20 heavy (non-hydrogen) atoms. The number of nitrogens with one attached hydrogen (secondary N) is 1. The second kappa shape index (κ2) is 8.10. The van der Waals surface area contributed by atoms with Crippen LogP contribution in [-0.4, -0.2) is 24.7 Å². The predicted molar refractivity (Wildman–Crippen MR) is 83.0 cm³/mol. The lowest BCUT2D eigenvalue weighted by Gasteiger charge is -2.31. The number of aromatic nitrogens is 1. The summed E-state index contributed by atoms with van der Waals surface area (Å²) in [7, 11) is 0. The molecule has 1 aromatic heterocycles. The van der Waals surface area contributed by atoms with Gasteiger partial charge in [0.1, 0.15) is 0 Å². The lowest BCUT2D eigenvalue weighted by molar-refractivity contribution is 0.254. The molecule has 3 N–H and O–H groups in total. The van der Waals surface area contributed by atoms with Crippen LogP contribution in [0, 0.1) is 11.8 Å². The Morgan fingerprint density at radius 3 is 2.90 bits per heavy atom. The second-order valence-corrected chi connectivity index (χ2v) is 5.62. The number of nitrogens with zero attached hydrogens (tertiary/aromatic N) is 1. The Morgan fingerprint density at radius 1 is 1.35 bits per heavy atom. The number of rotatable bonds is 7. The first-order valence-electron chi connectivity index (χ1n) is 7.87. The summed E-state index contributed by atoms with van der Waals surface area (Å²) in [5.74, 6) is 3.03. The summed E-state index contributed by atoms with van der Waals surface area (Å²) in [4.78, 5) is 4.40. The van der Waals surface area contributed by atoms with Gasteiger partial charge in [-0.3, -0.25) is 0 Å². The summed E-state index contributed by atoms with van der Waals surface area (Å²) in [5.41, 5.74) is 5.89. The molecule has 1 aliphatic carbocycles. The molecule has 1 heterocycles. The van der Waals surface area contributed by atoms with Crippen LogP contribution in [0.25, 0.3) is 0 Å². The molecule has 1 aromatic rings. The molecule has 0 spiro atoms. The number of ether oxygens (including phenoxy) is 1. The lowest BCUT2D eigenvalue weighted by Crippen LogP contribution is -2.31. The van der Waals surface area contributed by atoms with Gasteiger partial charge in [0.15, 0.2) is 11.6 Å². The summed E-state index contributed by atoms with van der Waals surface area (Å²) < 4.78 is 5.73. The standard InChI is InChI=1S/C16H27N3O/c1-2-10-20-15-8-5-9-18-16(15)19-12-14-7-4-3-6-13(14)11-17/h5,8-9,13-14H,2-4,6-7,10-12,17H2,1H3,(H,18,19). The van der Waals surface area contributed by atoms with Gasteiger partial charge in [-0.2, -0.15) is 0 Å². The Labute approximate surface area is 122 Å². The topological polar surface area (TPSA) is 60.2 Å². The van der Waals surface area contributed by atoms with E-state index in [9.17, 15) is 0 Å². The van der Waals surface area contributed by atoms with Gasteiger partial charge in [-0.05, 0) is 49.8 Å². The highest BCUT2D eigenvalue weighted by Gasteiger charge is 2.23. The predicted octanol–water partition coefficient (Wildman–Crippen LogP) is 3.05. The molecule has 0 aromatic carbocycles. The maximum Gasteiger partial charge on any atom is 0.168 e. The molecule has 4 nitrogen and oxygen atoms in total. The van der Waals surface area contributed by atoms with Gasteiger partial charge in [0, 0.05) is 12.7 Å². The van der Waals surface area contributed by atoms with Crippen LogP contribution in [0.5, 0.6) is 5.75 Å². The first-order valence-corrected chi connectivity index (χ1v) is 7.87. The number of nitrogens with two attached hydrogens (primary N) is 1. The van der Waals surface area contributed by atoms with Crippen molar-refractivity contribution in [3.63, 3.8) is 0 Å². The van der Waals surface area contributed by atoms with Crippen LogP contribution in [0.15, 0.2) is 18.3 Å². The number of hydrogen-bond donors (Lipinski definition) is 2. The van der Waals surface area contributed by atoms with Crippen molar-refractivity contribution in [3.05, 3.63) is 18.3 Å². The third kappa shape index (κ3) is 4.10. The van der Waals surface area contributed by atoms with Crippen molar-refractivity contribution in [2.24, 2.45) is 17.6 Å². The first kappa shape index (κ1) is 15.1. The molecule has 4 heteroatoms. The van der Waals surface area contributed by atoms with Crippen LogP contribution < -0.4 is 15.8 Å². The van der Waals surface area contributed by atoms with Crippen LogP contribution in [0.1, 0.15) is 39.0 Å². The minimum absolute atomic E-state index is 0.653. The Bertz CT molecular complexity index is 397. The highest BCUT2D eigenvalue weighted by atomic mass is 16.5. The fourth-order valence-electron chi connectivity index (χ4n) is 2.94. The molecular weight excluding hydrogens is 250 g/mol. The Kier molecular flexibility index (Phi) is 6.12. The van der Waals surface area contributed by atoms with E-state index in [2.05, 4.69) is 17.2 Å². The Balaban J connectivity index is 1.92. The van der Waals surface area contributed by atoms with E-state index in [0.29, 0.717) is 11.8 Å². The van der Waals surface area contributed by atoms with E-state index in [4.69, 9.17) is 10.5 Å². The molecule has 1 saturated carbocycles. The van der Waals surface area contributed by atoms with Crippen molar-refractivity contribution >= 4 is 5.82 Å². The zero-order chi connectivity index (χ0) is 14.2. The smallest absolute Gasteiger partial charge is 0.168 e. The normalized spacial score (nSPS) is 22.5. The summed E-state index contributed by atoms with van der Waals surface area (Å²) in [6.07, 6.45) is 8.00. The van der Waals surface area contributed by atoms with E-state index in [1.807, 2.05) is 18.3 Å². The third-order valence-electron chi connectivity index (χ3n) is 4.13. The molecule has 2 rings (SSSR count). The molecule has 0 bridgehead atoms. The Hall–Kier alpha value is -1.29. The zero-order valence-corrected chi connectivity index (χ0v) is 12.5. The van der Waals surface area contributed by atoms with Crippen molar-refractivity contribution in [1.82, 2.24) is 4.98 Å². The fourth-order valence-corrected chi connectivity index (χ4v) is 2.94. The molecule has 0 aliphatic heterocycles. The fraction of sp³-hybridized carbons (Fsp3) is 0.688. The molecule has 1 aliphatic rings. The molecule has 0 amide bonds. The van der Waals surface area contributed by atoms with E-state index >= 15 is 0 Å². The Morgan fingerprint density at radius 2 is 2.15 bits per heavy atom. The second-order valence-electron chi connectivity index (χ2n) is 5.62. The number of anilines is 1. The van der Waals surface area contributed by atoms with Gasteiger partial charge in [0.05, 0.1) is 6.61 Å². The van der Waals surface area contributed by atoms with Crippen LogP contribution in [0.2, 0.25) is 0 Å². The molecular formula is C16H27N3O. The quantitative estimate of drug-likeness (QED) is 0.804.